The lowest BCUT2D eigenvalue weighted by molar-refractivity contribution is -0.150. The zero-order valence-corrected chi connectivity index (χ0v) is 19.7. The molecular formula is C26H50O3. The summed E-state index contributed by atoms with van der Waals surface area (Å²) in [7, 11) is 0. The van der Waals surface area contributed by atoms with Gasteiger partial charge in [-0.2, -0.15) is 0 Å². The fraction of sp³-hybridized carbons (Fsp3) is 0.923. The minimum absolute atomic E-state index is 0.115. The largest absolute Gasteiger partial charge is 0.462 e. The number of esters is 1. The monoisotopic (exact) mass is 410 g/mol. The number of hydrogen-bond donors (Lipinski definition) is 0. The maximum Gasteiger partial charge on any atom is 0.306 e. The van der Waals surface area contributed by atoms with E-state index < -0.39 is 0 Å². The Balaban J connectivity index is 3.62. The van der Waals surface area contributed by atoms with Crippen LogP contribution in [0, 0.1) is 0 Å². The second-order valence-corrected chi connectivity index (χ2v) is 8.71. The van der Waals surface area contributed by atoms with Crippen LogP contribution in [0.4, 0.5) is 0 Å². The SMILES string of the molecule is CCCCCCCCCCCC(=O)O[C@@H](CC=O)CCCCCCCCCCC. The van der Waals surface area contributed by atoms with Crippen LogP contribution >= 0.6 is 0 Å². The van der Waals surface area contributed by atoms with Gasteiger partial charge in [0.05, 0.1) is 0 Å². The summed E-state index contributed by atoms with van der Waals surface area (Å²) in [4.78, 5) is 22.9. The van der Waals surface area contributed by atoms with Gasteiger partial charge in [0.15, 0.2) is 0 Å². The van der Waals surface area contributed by atoms with Crippen LogP contribution in [0.1, 0.15) is 149 Å². The Hall–Kier alpha value is -0.860. The van der Waals surface area contributed by atoms with Gasteiger partial charge in [-0.1, -0.05) is 117 Å². The molecule has 0 amide bonds. The molecule has 0 radical (unpaired) electrons. The summed E-state index contributed by atoms with van der Waals surface area (Å²) in [5, 5.41) is 0. The van der Waals surface area contributed by atoms with E-state index in [4.69, 9.17) is 4.74 Å². The molecule has 0 aliphatic carbocycles. The van der Waals surface area contributed by atoms with E-state index in [1.807, 2.05) is 0 Å². The standard InChI is InChI=1S/C26H50O3/c1-3-5-7-9-11-13-15-17-19-21-25(23-24-27)29-26(28)22-20-18-16-14-12-10-8-6-4-2/h24-25H,3-23H2,1-2H3/t25-/m1/s1. The van der Waals surface area contributed by atoms with Crippen LogP contribution < -0.4 is 0 Å². The zero-order chi connectivity index (χ0) is 21.4. The summed E-state index contributed by atoms with van der Waals surface area (Å²) < 4.78 is 5.56. The second kappa shape index (κ2) is 23.4. The van der Waals surface area contributed by atoms with Gasteiger partial charge in [-0.3, -0.25) is 4.79 Å². The molecule has 0 N–H and O–H groups in total. The molecule has 0 aromatic heterocycles. The molecule has 0 rings (SSSR count). The summed E-state index contributed by atoms with van der Waals surface area (Å²) in [6, 6.07) is 0. The lowest BCUT2D eigenvalue weighted by Gasteiger charge is -2.15. The van der Waals surface area contributed by atoms with Gasteiger partial charge in [0.1, 0.15) is 12.4 Å². The molecule has 1 atom stereocenters. The smallest absolute Gasteiger partial charge is 0.306 e. The van der Waals surface area contributed by atoms with E-state index in [0.29, 0.717) is 12.8 Å². The summed E-state index contributed by atoms with van der Waals surface area (Å²) in [5.41, 5.74) is 0. The van der Waals surface area contributed by atoms with Crippen LogP contribution in [-0.4, -0.2) is 18.4 Å². The van der Waals surface area contributed by atoms with Crippen molar-refractivity contribution in [3.63, 3.8) is 0 Å². The molecule has 3 nitrogen and oxygen atoms in total. The van der Waals surface area contributed by atoms with Crippen molar-refractivity contribution in [3.8, 4) is 0 Å². The first-order chi connectivity index (χ1) is 14.2. The van der Waals surface area contributed by atoms with E-state index in [1.165, 1.54) is 96.3 Å². The van der Waals surface area contributed by atoms with Gasteiger partial charge in [-0.05, 0) is 19.3 Å². The maximum atomic E-state index is 12.1. The number of unbranched alkanes of at least 4 members (excludes halogenated alkanes) is 16. The van der Waals surface area contributed by atoms with Crippen molar-refractivity contribution in [1.82, 2.24) is 0 Å². The topological polar surface area (TPSA) is 43.4 Å². The zero-order valence-electron chi connectivity index (χ0n) is 19.7. The van der Waals surface area contributed by atoms with E-state index in [2.05, 4.69) is 13.8 Å². The highest BCUT2D eigenvalue weighted by Crippen LogP contribution is 2.15. The lowest BCUT2D eigenvalue weighted by atomic mass is 10.0. The third kappa shape index (κ3) is 21.7. The fourth-order valence-corrected chi connectivity index (χ4v) is 3.84. The van der Waals surface area contributed by atoms with Crippen LogP contribution in [0.25, 0.3) is 0 Å². The first-order valence-corrected chi connectivity index (χ1v) is 12.9. The van der Waals surface area contributed by atoms with Crippen LogP contribution in [-0.2, 0) is 14.3 Å². The summed E-state index contributed by atoms with van der Waals surface area (Å²) in [6.45, 7) is 4.49. The Morgan fingerprint density at radius 3 is 1.52 bits per heavy atom. The molecule has 0 unspecified atom stereocenters. The molecule has 29 heavy (non-hydrogen) atoms. The minimum Gasteiger partial charge on any atom is -0.462 e. The Kier molecular flexibility index (Phi) is 22.7. The predicted molar refractivity (Wildman–Crippen MR) is 124 cm³/mol. The van der Waals surface area contributed by atoms with Gasteiger partial charge >= 0.3 is 5.97 Å². The molecule has 0 fully saturated rings. The summed E-state index contributed by atoms with van der Waals surface area (Å²) >= 11 is 0. The number of ether oxygens (including phenoxy) is 1. The highest BCUT2D eigenvalue weighted by molar-refractivity contribution is 5.69. The molecule has 0 saturated carbocycles. The van der Waals surface area contributed by atoms with Crippen molar-refractivity contribution in [2.75, 3.05) is 0 Å². The van der Waals surface area contributed by atoms with Crippen LogP contribution in [0.5, 0.6) is 0 Å². The first-order valence-electron chi connectivity index (χ1n) is 12.9. The number of hydrogen-bond acceptors (Lipinski definition) is 3. The molecule has 0 spiro atoms. The average Bonchev–Trinajstić information content (AvgIpc) is 2.71. The molecule has 0 aromatic rings. The van der Waals surface area contributed by atoms with Gasteiger partial charge in [-0.25, -0.2) is 0 Å². The maximum absolute atomic E-state index is 12.1. The predicted octanol–water partition coefficient (Wildman–Crippen LogP) is 8.33. The highest BCUT2D eigenvalue weighted by Gasteiger charge is 2.13. The van der Waals surface area contributed by atoms with Crippen LogP contribution in [0.2, 0.25) is 0 Å². The first kappa shape index (κ1) is 28.1. The molecule has 172 valence electrons. The van der Waals surface area contributed by atoms with Crippen molar-refractivity contribution in [3.05, 3.63) is 0 Å². The van der Waals surface area contributed by atoms with Crippen LogP contribution in [0.3, 0.4) is 0 Å². The molecular weight excluding hydrogens is 360 g/mol. The van der Waals surface area contributed by atoms with Crippen molar-refractivity contribution < 1.29 is 14.3 Å². The van der Waals surface area contributed by atoms with Gasteiger partial charge in [0.2, 0.25) is 0 Å². The van der Waals surface area contributed by atoms with E-state index in [-0.39, 0.29) is 12.1 Å². The third-order valence-electron chi connectivity index (χ3n) is 5.77. The average molecular weight is 411 g/mol. The quantitative estimate of drug-likeness (QED) is 0.0965. The Morgan fingerprint density at radius 1 is 0.655 bits per heavy atom. The number of carbonyl (C=O) groups is 2. The van der Waals surface area contributed by atoms with E-state index in [1.54, 1.807) is 0 Å². The van der Waals surface area contributed by atoms with E-state index >= 15 is 0 Å². The van der Waals surface area contributed by atoms with Gasteiger partial charge in [-0.15, -0.1) is 0 Å². The Morgan fingerprint density at radius 2 is 1.07 bits per heavy atom. The summed E-state index contributed by atoms with van der Waals surface area (Å²) in [5.74, 6) is -0.115. The molecule has 0 saturated heterocycles. The molecule has 3 heteroatoms. The minimum atomic E-state index is -0.205. The van der Waals surface area contributed by atoms with Crippen molar-refractivity contribution in [1.29, 1.82) is 0 Å². The van der Waals surface area contributed by atoms with E-state index in [0.717, 1.165) is 32.0 Å². The van der Waals surface area contributed by atoms with Crippen LogP contribution in [0.15, 0.2) is 0 Å². The lowest BCUT2D eigenvalue weighted by Crippen LogP contribution is -2.18. The normalized spacial score (nSPS) is 12.1. The second-order valence-electron chi connectivity index (χ2n) is 8.71. The third-order valence-corrected chi connectivity index (χ3v) is 5.77. The number of aldehydes is 1. The summed E-state index contributed by atoms with van der Waals surface area (Å²) in [6.07, 6.45) is 25.1. The fourth-order valence-electron chi connectivity index (χ4n) is 3.84. The van der Waals surface area contributed by atoms with Gasteiger partial charge in [0, 0.05) is 12.8 Å². The Bertz CT molecular complexity index is 354. The molecule has 0 heterocycles. The molecule has 0 aromatic carbocycles. The van der Waals surface area contributed by atoms with Gasteiger partial charge < -0.3 is 9.53 Å². The van der Waals surface area contributed by atoms with E-state index in [9.17, 15) is 9.59 Å². The number of rotatable bonds is 23. The van der Waals surface area contributed by atoms with Crippen molar-refractivity contribution in [2.24, 2.45) is 0 Å². The van der Waals surface area contributed by atoms with Crippen molar-refractivity contribution in [2.45, 2.75) is 155 Å². The van der Waals surface area contributed by atoms with Crippen molar-refractivity contribution >= 4 is 12.3 Å². The molecule has 0 aliphatic heterocycles. The highest BCUT2D eigenvalue weighted by atomic mass is 16.5. The Labute approximate surface area is 181 Å². The number of carbonyl (C=O) groups excluding carboxylic acids is 2. The van der Waals surface area contributed by atoms with Gasteiger partial charge in [0.25, 0.3) is 0 Å². The molecule has 0 aliphatic rings. The molecule has 0 bridgehead atoms.